The van der Waals surface area contributed by atoms with Crippen LogP contribution in [0.3, 0.4) is 0 Å². The van der Waals surface area contributed by atoms with Gasteiger partial charge < -0.3 is 0 Å². The summed E-state index contributed by atoms with van der Waals surface area (Å²) in [5.41, 5.74) is 2.98. The Morgan fingerprint density at radius 1 is 1.17 bits per heavy atom. The molecule has 3 rings (SSSR count). The highest BCUT2D eigenvalue weighted by Gasteiger charge is 2.21. The van der Waals surface area contributed by atoms with Gasteiger partial charge in [-0.2, -0.15) is 0 Å². The largest absolute Gasteiger partial charge is 0.261 e. The Bertz CT molecular complexity index is 935. The maximum atomic E-state index is 12.2. The molecule has 0 aliphatic rings. The number of sulfone groups is 1. The van der Waals surface area contributed by atoms with E-state index in [1.165, 1.54) is 6.26 Å². The summed E-state index contributed by atoms with van der Waals surface area (Å²) >= 11 is 0. The van der Waals surface area contributed by atoms with E-state index in [0.29, 0.717) is 17.0 Å². The second-order valence-corrected chi connectivity index (χ2v) is 7.47. The fourth-order valence-electron chi connectivity index (χ4n) is 2.58. The second kappa shape index (κ2) is 6.48. The molecule has 0 aliphatic carbocycles. The van der Waals surface area contributed by atoms with Gasteiger partial charge in [-0.05, 0) is 34.5 Å². The quantitative estimate of drug-likeness (QED) is 0.762. The van der Waals surface area contributed by atoms with Crippen LogP contribution in [0.15, 0.2) is 41.4 Å². The normalized spacial score (nSPS) is 11.6. The molecule has 0 unspecified atom stereocenters. The van der Waals surface area contributed by atoms with Crippen LogP contribution in [0.25, 0.3) is 22.5 Å². The monoisotopic (exact) mass is 343 g/mol. The first-order valence-electron chi connectivity index (χ1n) is 7.53. The summed E-state index contributed by atoms with van der Waals surface area (Å²) in [6, 6.07) is 8.98. The molecule has 1 N–H and O–H groups in total. The van der Waals surface area contributed by atoms with Crippen LogP contribution >= 0.6 is 0 Å². The summed E-state index contributed by atoms with van der Waals surface area (Å²) in [7, 11) is -3.44. The predicted molar refractivity (Wildman–Crippen MR) is 89.9 cm³/mol. The molecule has 0 saturated carbocycles. The van der Waals surface area contributed by atoms with Gasteiger partial charge in [-0.15, -0.1) is 5.10 Å². The molecule has 0 atom stereocenters. The number of H-pyrrole nitrogens is 1. The number of pyridine rings is 1. The van der Waals surface area contributed by atoms with Crippen molar-refractivity contribution in [3.8, 4) is 22.5 Å². The van der Waals surface area contributed by atoms with Crippen LogP contribution in [0.1, 0.15) is 19.0 Å². The van der Waals surface area contributed by atoms with Crippen molar-refractivity contribution in [2.45, 2.75) is 24.7 Å². The third kappa shape index (κ3) is 3.18. The predicted octanol–water partition coefficient (Wildman–Crippen LogP) is 2.28. The number of nitrogens with one attached hydrogen (secondary N) is 1. The van der Waals surface area contributed by atoms with Crippen molar-refractivity contribution >= 4 is 9.84 Å². The van der Waals surface area contributed by atoms with Crippen molar-refractivity contribution in [2.75, 3.05) is 6.26 Å². The van der Waals surface area contributed by atoms with Crippen LogP contribution in [0.4, 0.5) is 0 Å². The van der Waals surface area contributed by atoms with E-state index in [4.69, 9.17) is 0 Å². The molecular formula is C16H17N5O2S. The van der Waals surface area contributed by atoms with Crippen LogP contribution in [-0.4, -0.2) is 40.3 Å². The van der Waals surface area contributed by atoms with E-state index in [1.54, 1.807) is 18.3 Å². The Morgan fingerprint density at radius 2 is 2.00 bits per heavy atom. The lowest BCUT2D eigenvalue weighted by Gasteiger charge is -2.12. The van der Waals surface area contributed by atoms with E-state index in [1.807, 2.05) is 18.2 Å². The zero-order valence-corrected chi connectivity index (χ0v) is 14.2. The number of aryl methyl sites for hydroxylation is 1. The van der Waals surface area contributed by atoms with Gasteiger partial charge >= 0.3 is 0 Å². The summed E-state index contributed by atoms with van der Waals surface area (Å²) < 4.78 is 24.3. The molecule has 0 radical (unpaired) electrons. The van der Waals surface area contributed by atoms with Gasteiger partial charge in [-0.1, -0.05) is 31.5 Å². The summed E-state index contributed by atoms with van der Waals surface area (Å²) in [6.45, 7) is 2.10. The topological polar surface area (TPSA) is 101 Å². The molecule has 7 nitrogen and oxygen atoms in total. The summed E-state index contributed by atoms with van der Waals surface area (Å²) in [5.74, 6) is 0.309. The van der Waals surface area contributed by atoms with Gasteiger partial charge in [0.15, 0.2) is 15.7 Å². The average molecular weight is 343 g/mol. The first-order chi connectivity index (χ1) is 11.5. The minimum absolute atomic E-state index is 0.177. The molecule has 2 aromatic heterocycles. The van der Waals surface area contributed by atoms with Crippen molar-refractivity contribution in [1.29, 1.82) is 0 Å². The number of aromatic nitrogens is 5. The second-order valence-electron chi connectivity index (χ2n) is 5.49. The van der Waals surface area contributed by atoms with Gasteiger partial charge in [0, 0.05) is 29.3 Å². The van der Waals surface area contributed by atoms with Crippen LogP contribution < -0.4 is 0 Å². The third-order valence-electron chi connectivity index (χ3n) is 3.65. The van der Waals surface area contributed by atoms with E-state index >= 15 is 0 Å². The number of rotatable bonds is 5. The van der Waals surface area contributed by atoms with E-state index in [-0.39, 0.29) is 4.90 Å². The third-order valence-corrected chi connectivity index (χ3v) is 4.79. The highest BCUT2D eigenvalue weighted by atomic mass is 32.2. The van der Waals surface area contributed by atoms with Gasteiger partial charge in [-0.3, -0.25) is 4.98 Å². The van der Waals surface area contributed by atoms with E-state index in [9.17, 15) is 8.42 Å². The van der Waals surface area contributed by atoms with Crippen molar-refractivity contribution in [3.05, 3.63) is 42.2 Å². The lowest BCUT2D eigenvalue weighted by molar-refractivity contribution is 0.602. The van der Waals surface area contributed by atoms with Crippen molar-refractivity contribution in [1.82, 2.24) is 25.6 Å². The first kappa shape index (κ1) is 16.3. The number of hydrogen-bond acceptors (Lipinski definition) is 6. The average Bonchev–Trinajstić information content (AvgIpc) is 3.08. The Morgan fingerprint density at radius 3 is 2.58 bits per heavy atom. The van der Waals surface area contributed by atoms with Gasteiger partial charge in [0.2, 0.25) is 0 Å². The molecule has 8 heteroatoms. The molecular weight excluding hydrogens is 326 g/mol. The molecule has 0 spiro atoms. The highest BCUT2D eigenvalue weighted by molar-refractivity contribution is 7.90. The molecule has 3 aromatic rings. The highest BCUT2D eigenvalue weighted by Crippen LogP contribution is 2.34. The van der Waals surface area contributed by atoms with E-state index in [2.05, 4.69) is 32.5 Å². The van der Waals surface area contributed by atoms with Crippen LogP contribution in [0.5, 0.6) is 0 Å². The molecule has 0 fully saturated rings. The number of aromatic amines is 1. The lowest BCUT2D eigenvalue weighted by Crippen LogP contribution is -2.02. The molecule has 0 saturated heterocycles. The lowest BCUT2D eigenvalue weighted by atomic mass is 10.00. The minimum atomic E-state index is -3.44. The van der Waals surface area contributed by atoms with Crippen molar-refractivity contribution < 1.29 is 8.42 Å². The molecule has 1 aromatic carbocycles. The summed E-state index contributed by atoms with van der Waals surface area (Å²) in [6.07, 6.45) is 4.84. The van der Waals surface area contributed by atoms with Gasteiger partial charge in [0.1, 0.15) is 0 Å². The van der Waals surface area contributed by atoms with E-state index in [0.717, 1.165) is 24.1 Å². The smallest absolute Gasteiger partial charge is 0.181 e. The van der Waals surface area contributed by atoms with E-state index < -0.39 is 9.84 Å². The Kier molecular flexibility index (Phi) is 4.39. The van der Waals surface area contributed by atoms with Gasteiger partial charge in [0.05, 0.1) is 4.90 Å². The van der Waals surface area contributed by atoms with Gasteiger partial charge in [-0.25, -0.2) is 13.5 Å². The molecule has 124 valence electrons. The summed E-state index contributed by atoms with van der Waals surface area (Å²) in [4.78, 5) is 4.62. The number of hydrogen-bond donors (Lipinski definition) is 1. The number of nitrogens with zero attached hydrogens (tertiary/aromatic N) is 4. The fourth-order valence-corrected chi connectivity index (χ4v) is 3.48. The minimum Gasteiger partial charge on any atom is -0.261 e. The molecule has 0 aliphatic heterocycles. The summed E-state index contributed by atoms with van der Waals surface area (Å²) in [5, 5.41) is 13.7. The Hall–Kier alpha value is -2.61. The zero-order valence-electron chi connectivity index (χ0n) is 13.4. The molecule has 24 heavy (non-hydrogen) atoms. The molecule has 2 heterocycles. The van der Waals surface area contributed by atoms with Gasteiger partial charge in [0.25, 0.3) is 0 Å². The number of benzene rings is 1. The van der Waals surface area contributed by atoms with Crippen LogP contribution in [0.2, 0.25) is 0 Å². The number of tetrazole rings is 1. The Labute approximate surface area is 140 Å². The maximum Gasteiger partial charge on any atom is 0.181 e. The molecule has 0 bridgehead atoms. The first-order valence-corrected chi connectivity index (χ1v) is 9.42. The SMILES string of the molecule is CCCc1ccc(-c2cccc(S(C)(=O)=O)c2-c2nnn[nH]2)cn1. The zero-order chi connectivity index (χ0) is 17.2. The Balaban J connectivity index is 2.21. The fraction of sp³-hybridized carbons (Fsp3) is 0.250. The maximum absolute atomic E-state index is 12.2. The molecule has 0 amide bonds. The van der Waals surface area contributed by atoms with Crippen molar-refractivity contribution in [3.63, 3.8) is 0 Å². The van der Waals surface area contributed by atoms with Crippen LogP contribution in [0, 0.1) is 0 Å². The van der Waals surface area contributed by atoms with Crippen molar-refractivity contribution in [2.24, 2.45) is 0 Å². The van der Waals surface area contributed by atoms with Crippen LogP contribution in [-0.2, 0) is 16.3 Å². The standard InChI is InChI=1S/C16H17N5O2S/c1-3-5-12-9-8-11(10-17-12)13-6-4-7-14(24(2,22)23)15(13)16-18-20-21-19-16/h4,6-10H,3,5H2,1-2H3,(H,18,19,20,21).